The maximum Gasteiger partial charge on any atom is 0.306 e. The second-order valence-electron chi connectivity index (χ2n) is 11.1. The van der Waals surface area contributed by atoms with Crippen molar-refractivity contribution in [2.24, 2.45) is 11.8 Å². The Balaban J connectivity index is 1.48. The third kappa shape index (κ3) is 4.98. The van der Waals surface area contributed by atoms with Crippen molar-refractivity contribution in [1.82, 2.24) is 14.5 Å². The fraction of sp³-hybridized carbons (Fsp3) is 0.333. The first-order valence-electron chi connectivity index (χ1n) is 13.0. The van der Waals surface area contributed by atoms with E-state index >= 15 is 0 Å². The number of carboxylic acid groups (broad SMARTS) is 1. The van der Waals surface area contributed by atoms with Gasteiger partial charge in [-0.25, -0.2) is 9.97 Å². The van der Waals surface area contributed by atoms with Crippen molar-refractivity contribution in [2.75, 3.05) is 11.1 Å². The van der Waals surface area contributed by atoms with Crippen LogP contribution >= 0.6 is 0 Å². The maximum atomic E-state index is 12.8. The third-order valence-corrected chi connectivity index (χ3v) is 7.44. The van der Waals surface area contributed by atoms with Crippen LogP contribution in [0.5, 0.6) is 0 Å². The Bertz CT molecular complexity index is 1490. The second kappa shape index (κ2) is 9.93. The zero-order chi connectivity index (χ0) is 27.0. The lowest BCUT2D eigenvalue weighted by Crippen LogP contribution is -2.29. The van der Waals surface area contributed by atoms with Gasteiger partial charge < -0.3 is 16.2 Å². The average Bonchev–Trinajstić information content (AvgIpc) is 3.27. The molecule has 0 unspecified atom stereocenters. The highest BCUT2D eigenvalue weighted by atomic mass is 16.4. The van der Waals surface area contributed by atoms with Crippen molar-refractivity contribution in [3.8, 4) is 17.1 Å². The van der Waals surface area contributed by atoms with Crippen molar-refractivity contribution in [3.05, 3.63) is 66.4 Å². The minimum absolute atomic E-state index is 0.0332. The monoisotopic (exact) mass is 511 g/mol. The van der Waals surface area contributed by atoms with Gasteiger partial charge in [-0.15, -0.1) is 0 Å². The van der Waals surface area contributed by atoms with Crippen molar-refractivity contribution in [3.63, 3.8) is 0 Å². The van der Waals surface area contributed by atoms with Gasteiger partial charge in [-0.1, -0.05) is 26.8 Å². The van der Waals surface area contributed by atoms with E-state index in [9.17, 15) is 14.7 Å². The minimum Gasteiger partial charge on any atom is -0.481 e. The van der Waals surface area contributed by atoms with Crippen LogP contribution in [0, 0.1) is 11.8 Å². The molecule has 1 aliphatic carbocycles. The molecule has 4 aromatic rings. The highest BCUT2D eigenvalue weighted by molar-refractivity contribution is 5.93. The summed E-state index contributed by atoms with van der Waals surface area (Å²) in [6, 6.07) is 17.8. The van der Waals surface area contributed by atoms with Gasteiger partial charge in [0.25, 0.3) is 0 Å². The number of carbonyl (C=O) groups is 2. The molecule has 196 valence electrons. The number of carbonyl (C=O) groups excluding carboxylic acids is 1. The Morgan fingerprint density at radius 1 is 1.00 bits per heavy atom. The number of fused-ring (bicyclic) bond motifs is 1. The van der Waals surface area contributed by atoms with Gasteiger partial charge in [0, 0.05) is 23.5 Å². The van der Waals surface area contributed by atoms with Gasteiger partial charge >= 0.3 is 5.97 Å². The fourth-order valence-corrected chi connectivity index (χ4v) is 5.13. The van der Waals surface area contributed by atoms with Gasteiger partial charge in [0.15, 0.2) is 0 Å². The summed E-state index contributed by atoms with van der Waals surface area (Å²) in [5.41, 5.74) is 11.6. The Hall–Kier alpha value is -4.20. The first-order chi connectivity index (χ1) is 18.1. The number of nitrogen functional groups attached to an aromatic ring is 1. The van der Waals surface area contributed by atoms with Gasteiger partial charge in [-0.3, -0.25) is 14.2 Å². The van der Waals surface area contributed by atoms with Crippen LogP contribution in [-0.4, -0.2) is 31.5 Å². The first kappa shape index (κ1) is 25.4. The molecule has 1 fully saturated rings. The van der Waals surface area contributed by atoms with E-state index in [2.05, 4.69) is 47.8 Å². The number of aliphatic carboxylic acids is 1. The zero-order valence-electron chi connectivity index (χ0n) is 21.9. The molecule has 0 atom stereocenters. The SMILES string of the molecule is CC(C)(C)c1ccc2nc(-c3cccnc3N)n(-c3ccc(NC(=O)C4CCC(C(=O)O)CC4)cc3)c2c1. The number of carboxylic acids is 1. The Morgan fingerprint density at radius 3 is 2.32 bits per heavy atom. The Labute approximate surface area is 221 Å². The minimum atomic E-state index is -0.770. The van der Waals surface area contributed by atoms with Crippen molar-refractivity contribution in [2.45, 2.75) is 51.9 Å². The lowest BCUT2D eigenvalue weighted by Gasteiger charge is -2.25. The van der Waals surface area contributed by atoms with Crippen molar-refractivity contribution in [1.29, 1.82) is 0 Å². The maximum absolute atomic E-state index is 12.8. The number of anilines is 2. The molecular weight excluding hydrogens is 478 g/mol. The molecule has 1 aliphatic rings. The van der Waals surface area contributed by atoms with Gasteiger partial charge in [0.2, 0.25) is 5.91 Å². The summed E-state index contributed by atoms with van der Waals surface area (Å²) in [6.45, 7) is 6.54. The van der Waals surface area contributed by atoms with E-state index in [0.717, 1.165) is 22.3 Å². The molecule has 2 aromatic heterocycles. The number of pyridine rings is 1. The molecule has 0 bridgehead atoms. The third-order valence-electron chi connectivity index (χ3n) is 7.44. The number of benzene rings is 2. The van der Waals surface area contributed by atoms with Crippen LogP contribution in [0.2, 0.25) is 0 Å². The number of hydrogen-bond acceptors (Lipinski definition) is 5. The van der Waals surface area contributed by atoms with E-state index < -0.39 is 5.97 Å². The highest BCUT2D eigenvalue weighted by Gasteiger charge is 2.29. The molecule has 0 spiro atoms. The molecule has 1 saturated carbocycles. The Kier molecular flexibility index (Phi) is 6.65. The van der Waals surface area contributed by atoms with E-state index in [1.165, 1.54) is 5.56 Å². The van der Waals surface area contributed by atoms with E-state index in [0.29, 0.717) is 43.0 Å². The Morgan fingerprint density at radius 2 is 1.68 bits per heavy atom. The molecule has 4 N–H and O–H groups in total. The van der Waals surface area contributed by atoms with Crippen LogP contribution in [0.3, 0.4) is 0 Å². The number of rotatable bonds is 5. The quantitative estimate of drug-likeness (QED) is 0.311. The lowest BCUT2D eigenvalue weighted by molar-refractivity contribution is -0.143. The molecule has 8 heteroatoms. The summed E-state index contributed by atoms with van der Waals surface area (Å²) in [5, 5.41) is 12.2. The molecule has 0 aliphatic heterocycles. The highest BCUT2D eigenvalue weighted by Crippen LogP contribution is 2.34. The van der Waals surface area contributed by atoms with Crippen LogP contribution in [0.4, 0.5) is 11.5 Å². The average molecular weight is 512 g/mol. The predicted octanol–water partition coefficient (Wildman–Crippen LogP) is 5.80. The molecule has 0 saturated heterocycles. The topological polar surface area (TPSA) is 123 Å². The van der Waals surface area contributed by atoms with Crippen LogP contribution in [0.1, 0.15) is 52.0 Å². The van der Waals surface area contributed by atoms with Gasteiger partial charge in [0.1, 0.15) is 11.6 Å². The second-order valence-corrected chi connectivity index (χ2v) is 11.1. The van der Waals surface area contributed by atoms with Crippen LogP contribution < -0.4 is 11.1 Å². The van der Waals surface area contributed by atoms with Gasteiger partial charge in [-0.05, 0) is 85.2 Å². The smallest absolute Gasteiger partial charge is 0.306 e. The predicted molar refractivity (Wildman–Crippen MR) is 149 cm³/mol. The summed E-state index contributed by atoms with van der Waals surface area (Å²) in [7, 11) is 0. The van der Waals surface area contributed by atoms with Gasteiger partial charge in [-0.2, -0.15) is 0 Å². The largest absolute Gasteiger partial charge is 0.481 e. The molecule has 1 amide bonds. The van der Waals surface area contributed by atoms with Crippen LogP contribution in [0.15, 0.2) is 60.8 Å². The van der Waals surface area contributed by atoms with E-state index in [-0.39, 0.29) is 23.2 Å². The first-order valence-corrected chi connectivity index (χ1v) is 13.0. The number of nitrogens with two attached hydrogens (primary N) is 1. The number of imidazole rings is 1. The standard InChI is InChI=1S/C30H33N5O3/c1-30(2,3)20-10-15-24-25(17-20)35(27(34-24)23-5-4-16-32-26(23)31)22-13-11-21(12-14-22)33-28(36)18-6-8-19(9-7-18)29(37)38/h4-5,10-19H,6-9H2,1-3H3,(H2,31,32)(H,33,36)(H,37,38). The summed E-state index contributed by atoms with van der Waals surface area (Å²) in [5.74, 6) is -0.240. The molecule has 2 aromatic carbocycles. The molecule has 2 heterocycles. The summed E-state index contributed by atoms with van der Waals surface area (Å²) < 4.78 is 2.08. The number of amides is 1. The molecule has 0 radical (unpaired) electrons. The molecular formula is C30H33N5O3. The molecule has 38 heavy (non-hydrogen) atoms. The van der Waals surface area contributed by atoms with Crippen LogP contribution in [0.25, 0.3) is 28.1 Å². The fourth-order valence-electron chi connectivity index (χ4n) is 5.13. The normalized spacial score (nSPS) is 17.9. The van der Waals surface area contributed by atoms with Crippen LogP contribution in [-0.2, 0) is 15.0 Å². The summed E-state index contributed by atoms with van der Waals surface area (Å²) in [4.78, 5) is 33.3. The van der Waals surface area contributed by atoms with Crippen molar-refractivity contribution < 1.29 is 14.7 Å². The van der Waals surface area contributed by atoms with Gasteiger partial charge in [0.05, 0.1) is 22.5 Å². The molecule has 8 nitrogen and oxygen atoms in total. The zero-order valence-corrected chi connectivity index (χ0v) is 21.9. The summed E-state index contributed by atoms with van der Waals surface area (Å²) in [6.07, 6.45) is 3.92. The van der Waals surface area contributed by atoms with E-state index in [1.54, 1.807) is 6.20 Å². The number of nitrogens with one attached hydrogen (secondary N) is 1. The number of hydrogen-bond donors (Lipinski definition) is 3. The molecule has 5 rings (SSSR count). The van der Waals surface area contributed by atoms with E-state index in [4.69, 9.17) is 10.7 Å². The summed E-state index contributed by atoms with van der Waals surface area (Å²) >= 11 is 0. The number of nitrogens with zero attached hydrogens (tertiary/aromatic N) is 3. The van der Waals surface area contributed by atoms with Crippen molar-refractivity contribution >= 4 is 34.4 Å². The van der Waals surface area contributed by atoms with E-state index in [1.807, 2.05) is 42.5 Å². The lowest BCUT2D eigenvalue weighted by atomic mass is 9.81. The number of aromatic nitrogens is 3.